The first-order valence-corrected chi connectivity index (χ1v) is 10.8. The molecule has 2 heterocycles. The van der Waals surface area contributed by atoms with Crippen molar-refractivity contribution in [2.75, 3.05) is 0 Å². The fraction of sp³-hybridized carbons (Fsp3) is 0.185. The van der Waals surface area contributed by atoms with E-state index >= 15 is 0 Å². The summed E-state index contributed by atoms with van der Waals surface area (Å²) in [6.45, 7) is 2.32. The van der Waals surface area contributed by atoms with Gasteiger partial charge in [-0.3, -0.25) is 5.10 Å². The molecule has 0 aliphatic heterocycles. The Morgan fingerprint density at radius 2 is 1.81 bits per heavy atom. The molecule has 0 bridgehead atoms. The molecule has 3 aromatic carbocycles. The molecule has 1 N–H and O–H groups in total. The quantitative estimate of drug-likeness (QED) is 0.331. The van der Waals surface area contributed by atoms with Crippen LogP contribution in [0.2, 0.25) is 0 Å². The molecule has 1 atom stereocenters. The SMILES string of the molecule is CC1CCc2c(c(-c3cn[nH]c3-c3ccc(F)cc3)nc3ccc4ccccc4c23)C1. The summed E-state index contributed by atoms with van der Waals surface area (Å²) < 4.78 is 13.5. The van der Waals surface area contributed by atoms with Crippen molar-refractivity contribution in [1.29, 1.82) is 0 Å². The van der Waals surface area contributed by atoms with E-state index in [2.05, 4.69) is 53.5 Å². The zero-order chi connectivity index (χ0) is 20.9. The number of hydrogen-bond acceptors (Lipinski definition) is 2. The van der Waals surface area contributed by atoms with Gasteiger partial charge >= 0.3 is 0 Å². The van der Waals surface area contributed by atoms with Crippen LogP contribution in [0.1, 0.15) is 24.5 Å². The van der Waals surface area contributed by atoms with Gasteiger partial charge in [0.05, 0.1) is 23.1 Å². The highest BCUT2D eigenvalue weighted by Gasteiger charge is 2.25. The number of aromatic nitrogens is 3. The van der Waals surface area contributed by atoms with Crippen molar-refractivity contribution in [2.45, 2.75) is 26.2 Å². The van der Waals surface area contributed by atoms with E-state index < -0.39 is 0 Å². The summed E-state index contributed by atoms with van der Waals surface area (Å²) in [5.74, 6) is 0.369. The number of nitrogens with zero attached hydrogens (tertiary/aromatic N) is 2. The van der Waals surface area contributed by atoms with E-state index in [1.165, 1.54) is 45.8 Å². The first kappa shape index (κ1) is 18.3. The Morgan fingerprint density at radius 1 is 0.968 bits per heavy atom. The van der Waals surface area contributed by atoms with Crippen molar-refractivity contribution in [1.82, 2.24) is 15.2 Å². The molecule has 0 fully saturated rings. The predicted molar refractivity (Wildman–Crippen MR) is 123 cm³/mol. The lowest BCUT2D eigenvalue weighted by molar-refractivity contribution is 0.503. The van der Waals surface area contributed by atoms with Gasteiger partial charge in [0.25, 0.3) is 0 Å². The van der Waals surface area contributed by atoms with Crippen molar-refractivity contribution in [2.24, 2.45) is 5.92 Å². The van der Waals surface area contributed by atoms with Crippen LogP contribution in [-0.4, -0.2) is 15.2 Å². The van der Waals surface area contributed by atoms with Gasteiger partial charge in [-0.1, -0.05) is 37.3 Å². The van der Waals surface area contributed by atoms with Gasteiger partial charge in [-0.15, -0.1) is 0 Å². The molecule has 31 heavy (non-hydrogen) atoms. The van der Waals surface area contributed by atoms with Crippen molar-refractivity contribution < 1.29 is 4.39 Å². The Bertz CT molecular complexity index is 1430. The number of pyridine rings is 1. The third-order valence-corrected chi connectivity index (χ3v) is 6.56. The minimum atomic E-state index is -0.244. The van der Waals surface area contributed by atoms with Gasteiger partial charge in [0, 0.05) is 16.5 Å². The average molecular weight is 407 g/mol. The number of aromatic amines is 1. The van der Waals surface area contributed by atoms with E-state index in [1.807, 2.05) is 6.20 Å². The number of H-pyrrole nitrogens is 1. The summed E-state index contributed by atoms with van der Waals surface area (Å²) in [5, 5.41) is 11.3. The van der Waals surface area contributed by atoms with Gasteiger partial charge in [-0.05, 0) is 77.4 Å². The summed E-state index contributed by atoms with van der Waals surface area (Å²) in [6.07, 6.45) is 5.10. The number of halogens is 1. The number of aryl methyl sites for hydroxylation is 1. The molecule has 6 rings (SSSR count). The summed E-state index contributed by atoms with van der Waals surface area (Å²) >= 11 is 0. The van der Waals surface area contributed by atoms with Crippen LogP contribution in [-0.2, 0) is 12.8 Å². The Kier molecular flexibility index (Phi) is 4.13. The standard InChI is InChI=1S/C27H22FN3/c1-16-6-12-21-22(14-16)27(23-15-29-31-26(23)18-7-10-19(28)11-8-18)30-24-13-9-17-4-2-3-5-20(17)25(21)24/h2-5,7-11,13,15-16H,6,12,14H2,1H3,(H,29,31). The van der Waals surface area contributed by atoms with Crippen molar-refractivity contribution in [3.63, 3.8) is 0 Å². The maximum absolute atomic E-state index is 13.5. The van der Waals surface area contributed by atoms with Gasteiger partial charge < -0.3 is 0 Å². The van der Waals surface area contributed by atoms with Gasteiger partial charge in [0.15, 0.2) is 0 Å². The molecule has 1 aliphatic rings. The van der Waals surface area contributed by atoms with E-state index in [0.717, 1.165) is 40.9 Å². The summed E-state index contributed by atoms with van der Waals surface area (Å²) in [5.41, 5.74) is 7.53. The molecule has 0 spiro atoms. The van der Waals surface area contributed by atoms with Crippen LogP contribution in [0, 0.1) is 11.7 Å². The maximum atomic E-state index is 13.5. The monoisotopic (exact) mass is 407 g/mol. The summed E-state index contributed by atoms with van der Waals surface area (Å²) in [6, 6.07) is 19.4. The number of rotatable bonds is 2. The Morgan fingerprint density at radius 3 is 2.68 bits per heavy atom. The van der Waals surface area contributed by atoms with E-state index in [4.69, 9.17) is 4.98 Å². The lowest BCUT2D eigenvalue weighted by Crippen LogP contribution is -2.14. The number of fused-ring (bicyclic) bond motifs is 5. The van der Waals surface area contributed by atoms with Crippen LogP contribution in [0.5, 0.6) is 0 Å². The molecule has 4 heteroatoms. The first-order valence-electron chi connectivity index (χ1n) is 10.8. The fourth-order valence-corrected chi connectivity index (χ4v) is 5.01. The zero-order valence-corrected chi connectivity index (χ0v) is 17.3. The summed E-state index contributed by atoms with van der Waals surface area (Å²) in [7, 11) is 0. The third-order valence-electron chi connectivity index (χ3n) is 6.56. The molecule has 0 saturated heterocycles. The average Bonchev–Trinajstić information content (AvgIpc) is 3.28. The highest BCUT2D eigenvalue weighted by atomic mass is 19.1. The van der Waals surface area contributed by atoms with Crippen molar-refractivity contribution in [3.05, 3.63) is 83.8 Å². The van der Waals surface area contributed by atoms with Crippen LogP contribution in [0.25, 0.3) is 44.2 Å². The normalized spacial score (nSPS) is 16.0. The predicted octanol–water partition coefficient (Wildman–Crippen LogP) is 6.71. The van der Waals surface area contributed by atoms with E-state index in [1.54, 1.807) is 12.1 Å². The highest BCUT2D eigenvalue weighted by Crippen LogP contribution is 2.41. The smallest absolute Gasteiger partial charge is 0.123 e. The molecule has 0 amide bonds. The maximum Gasteiger partial charge on any atom is 0.123 e. The lowest BCUT2D eigenvalue weighted by Gasteiger charge is -2.26. The number of nitrogens with one attached hydrogen (secondary N) is 1. The van der Waals surface area contributed by atoms with Crippen LogP contribution >= 0.6 is 0 Å². The van der Waals surface area contributed by atoms with Gasteiger partial charge in [-0.2, -0.15) is 5.10 Å². The van der Waals surface area contributed by atoms with E-state index in [-0.39, 0.29) is 5.82 Å². The van der Waals surface area contributed by atoms with Crippen molar-refractivity contribution in [3.8, 4) is 22.5 Å². The van der Waals surface area contributed by atoms with E-state index in [9.17, 15) is 4.39 Å². The molecule has 0 radical (unpaired) electrons. The van der Waals surface area contributed by atoms with Crippen LogP contribution in [0.3, 0.4) is 0 Å². The first-order chi connectivity index (χ1) is 15.2. The third kappa shape index (κ3) is 2.94. The van der Waals surface area contributed by atoms with Gasteiger partial charge in [0.1, 0.15) is 5.82 Å². The van der Waals surface area contributed by atoms with Crippen LogP contribution in [0.4, 0.5) is 4.39 Å². The largest absolute Gasteiger partial charge is 0.277 e. The molecule has 0 saturated carbocycles. The zero-order valence-electron chi connectivity index (χ0n) is 17.3. The Balaban J connectivity index is 1.65. The second-order valence-corrected chi connectivity index (χ2v) is 8.61. The van der Waals surface area contributed by atoms with Gasteiger partial charge in [0.2, 0.25) is 0 Å². The minimum absolute atomic E-state index is 0.244. The molecule has 5 aromatic rings. The minimum Gasteiger partial charge on any atom is -0.277 e. The molecule has 2 aromatic heterocycles. The second kappa shape index (κ2) is 7.02. The van der Waals surface area contributed by atoms with Gasteiger partial charge in [-0.25, -0.2) is 9.37 Å². The van der Waals surface area contributed by atoms with Crippen LogP contribution in [0.15, 0.2) is 66.9 Å². The van der Waals surface area contributed by atoms with Crippen molar-refractivity contribution >= 4 is 21.7 Å². The number of hydrogen-bond donors (Lipinski definition) is 1. The Labute approximate surface area is 180 Å². The summed E-state index contributed by atoms with van der Waals surface area (Å²) in [4.78, 5) is 5.19. The number of benzene rings is 3. The highest BCUT2D eigenvalue weighted by molar-refractivity contribution is 6.09. The molecule has 1 unspecified atom stereocenters. The molecule has 3 nitrogen and oxygen atoms in total. The molecular weight excluding hydrogens is 385 g/mol. The second-order valence-electron chi connectivity index (χ2n) is 8.61. The lowest BCUT2D eigenvalue weighted by atomic mass is 9.80. The molecular formula is C27H22FN3. The van der Waals surface area contributed by atoms with Crippen LogP contribution < -0.4 is 0 Å². The van der Waals surface area contributed by atoms with E-state index in [0.29, 0.717) is 5.92 Å². The topological polar surface area (TPSA) is 41.6 Å². The Hall–Kier alpha value is -3.53. The molecule has 152 valence electrons. The fourth-order valence-electron chi connectivity index (χ4n) is 5.01. The molecule has 1 aliphatic carbocycles.